The number of hydrogen-bond donors (Lipinski definition) is 0. The van der Waals surface area contributed by atoms with Gasteiger partial charge in [0, 0.05) is 18.5 Å². The predicted octanol–water partition coefficient (Wildman–Crippen LogP) is 1.23. The molecule has 1 fully saturated rings. The summed E-state index contributed by atoms with van der Waals surface area (Å²) in [7, 11) is -1.93. The lowest BCUT2D eigenvalue weighted by Gasteiger charge is -2.29. The number of fused-ring (bicyclic) bond motifs is 1. The van der Waals surface area contributed by atoms with Gasteiger partial charge in [0.15, 0.2) is 11.6 Å². The molecule has 0 saturated heterocycles. The molecule has 0 amide bonds. The second-order valence-electron chi connectivity index (χ2n) is 5.99. The summed E-state index contributed by atoms with van der Waals surface area (Å²) in [5.41, 5.74) is 0.853. The number of sulfonamides is 1. The molecule has 23 heavy (non-hydrogen) atoms. The topological polar surface area (TPSA) is 85.2 Å². The van der Waals surface area contributed by atoms with Crippen molar-refractivity contribution in [3.63, 3.8) is 0 Å². The Morgan fingerprint density at radius 1 is 1.26 bits per heavy atom. The van der Waals surface area contributed by atoms with Crippen LogP contribution in [0, 0.1) is 0 Å². The first kappa shape index (κ1) is 14.4. The van der Waals surface area contributed by atoms with E-state index < -0.39 is 15.8 Å². The van der Waals surface area contributed by atoms with E-state index in [4.69, 9.17) is 0 Å². The van der Waals surface area contributed by atoms with Crippen LogP contribution < -0.4 is 4.31 Å². The predicted molar refractivity (Wildman–Crippen MR) is 83.7 cm³/mol. The summed E-state index contributed by atoms with van der Waals surface area (Å²) in [4.78, 5) is 16.5. The Labute approximate surface area is 134 Å². The Hall–Kier alpha value is -2.22. The van der Waals surface area contributed by atoms with Crippen molar-refractivity contribution in [3.05, 3.63) is 41.5 Å². The highest BCUT2D eigenvalue weighted by atomic mass is 32.2. The summed E-state index contributed by atoms with van der Waals surface area (Å²) in [6.45, 7) is 0.0862. The molecule has 0 bridgehead atoms. The highest BCUT2D eigenvalue weighted by molar-refractivity contribution is 7.93. The van der Waals surface area contributed by atoms with E-state index in [1.54, 1.807) is 36.0 Å². The first-order valence-corrected chi connectivity index (χ1v) is 9.09. The van der Waals surface area contributed by atoms with Crippen LogP contribution in [-0.4, -0.2) is 34.7 Å². The van der Waals surface area contributed by atoms with E-state index >= 15 is 0 Å². The molecular formula is C15H16N4O3S. The Morgan fingerprint density at radius 3 is 2.74 bits per heavy atom. The van der Waals surface area contributed by atoms with Gasteiger partial charge in [0.2, 0.25) is 10.0 Å². The van der Waals surface area contributed by atoms with Crippen LogP contribution >= 0.6 is 0 Å². The van der Waals surface area contributed by atoms with Crippen molar-refractivity contribution in [1.82, 2.24) is 14.8 Å². The van der Waals surface area contributed by atoms with Gasteiger partial charge in [0.1, 0.15) is 11.6 Å². The summed E-state index contributed by atoms with van der Waals surface area (Å²) in [5.74, 6) is 0.897. The largest absolute Gasteiger partial charge is 0.293 e. The number of aromatic nitrogens is 3. The lowest BCUT2D eigenvalue weighted by Crippen LogP contribution is -2.40. The Kier molecular flexibility index (Phi) is 3.06. The molecule has 1 saturated carbocycles. The third-order valence-corrected chi connectivity index (χ3v) is 5.84. The number of anilines is 1. The van der Waals surface area contributed by atoms with E-state index in [-0.39, 0.29) is 12.3 Å². The molecule has 0 unspecified atom stereocenters. The van der Waals surface area contributed by atoms with Crippen LogP contribution in [0.25, 0.3) is 0 Å². The van der Waals surface area contributed by atoms with Crippen molar-refractivity contribution in [3.8, 4) is 0 Å². The summed E-state index contributed by atoms with van der Waals surface area (Å²) in [6.07, 6.45) is 2.17. The van der Waals surface area contributed by atoms with Crippen LogP contribution in [0.5, 0.6) is 0 Å². The van der Waals surface area contributed by atoms with Gasteiger partial charge in [-0.15, -0.1) is 0 Å². The molecule has 1 aromatic carbocycles. The third kappa shape index (κ3) is 2.42. The highest BCUT2D eigenvalue weighted by Crippen LogP contribution is 2.38. The minimum absolute atomic E-state index is 0.0862. The average molecular weight is 332 g/mol. The van der Waals surface area contributed by atoms with Crippen molar-refractivity contribution < 1.29 is 13.2 Å². The van der Waals surface area contributed by atoms with Crippen molar-refractivity contribution in [2.24, 2.45) is 7.05 Å². The molecule has 1 aliphatic heterocycles. The summed E-state index contributed by atoms with van der Waals surface area (Å²) < 4.78 is 27.8. The fourth-order valence-corrected chi connectivity index (χ4v) is 4.21. The first-order chi connectivity index (χ1) is 11.0. The number of para-hydroxylation sites is 1. The Bertz CT molecular complexity index is 899. The van der Waals surface area contributed by atoms with Crippen LogP contribution in [0.15, 0.2) is 24.3 Å². The smallest absolute Gasteiger partial charge is 0.243 e. The van der Waals surface area contributed by atoms with E-state index in [2.05, 4.69) is 10.1 Å². The van der Waals surface area contributed by atoms with Crippen molar-refractivity contribution in [2.45, 2.75) is 25.3 Å². The van der Waals surface area contributed by atoms with Gasteiger partial charge in [-0.2, -0.15) is 5.10 Å². The van der Waals surface area contributed by atoms with Gasteiger partial charge in [-0.25, -0.2) is 13.4 Å². The van der Waals surface area contributed by atoms with Gasteiger partial charge in [0.25, 0.3) is 0 Å². The lowest BCUT2D eigenvalue weighted by molar-refractivity contribution is 0.102. The highest BCUT2D eigenvalue weighted by Gasteiger charge is 2.36. The molecular weight excluding hydrogens is 316 g/mol. The number of nitrogens with zero attached hydrogens (tertiary/aromatic N) is 4. The molecule has 8 heteroatoms. The van der Waals surface area contributed by atoms with E-state index in [0.29, 0.717) is 23.0 Å². The van der Waals surface area contributed by atoms with Gasteiger partial charge >= 0.3 is 0 Å². The van der Waals surface area contributed by atoms with Gasteiger partial charge in [0.05, 0.1) is 12.2 Å². The second-order valence-corrected chi connectivity index (χ2v) is 7.88. The van der Waals surface area contributed by atoms with Crippen LogP contribution in [0.3, 0.4) is 0 Å². The molecule has 120 valence electrons. The van der Waals surface area contributed by atoms with Crippen LogP contribution in [0.4, 0.5) is 5.69 Å². The molecule has 1 aromatic heterocycles. The van der Waals surface area contributed by atoms with E-state index in [9.17, 15) is 13.2 Å². The molecule has 0 atom stereocenters. The van der Waals surface area contributed by atoms with E-state index in [0.717, 1.165) is 18.7 Å². The Morgan fingerprint density at radius 2 is 2.00 bits per heavy atom. The molecule has 1 aliphatic carbocycles. The Balaban J connectivity index is 1.75. The fourth-order valence-electron chi connectivity index (χ4n) is 2.80. The number of Topliss-reactive ketones (excluding diaryl/α,β-unsaturated/α-hetero) is 1. The lowest BCUT2D eigenvalue weighted by atomic mass is 10.1. The van der Waals surface area contributed by atoms with Gasteiger partial charge in [-0.3, -0.25) is 13.8 Å². The summed E-state index contributed by atoms with van der Waals surface area (Å²) in [5, 5.41) is 4.37. The van der Waals surface area contributed by atoms with Crippen molar-refractivity contribution >= 4 is 21.5 Å². The van der Waals surface area contributed by atoms with E-state index in [1.165, 1.54) is 4.31 Å². The maximum Gasteiger partial charge on any atom is 0.243 e. The zero-order valence-electron chi connectivity index (χ0n) is 12.6. The summed E-state index contributed by atoms with van der Waals surface area (Å²) >= 11 is 0. The van der Waals surface area contributed by atoms with Crippen LogP contribution in [0.2, 0.25) is 0 Å². The quantitative estimate of drug-likeness (QED) is 0.844. The molecule has 4 rings (SSSR count). The number of carbonyl (C=O) groups is 1. The standard InChI is InChI=1S/C15H16N4O3S/c1-18-14(16-15(17-18)10-6-7-10)8-19-12-5-3-2-4-11(12)13(20)9-23(19,21)22/h2-5,10H,6-9H2,1H3. The summed E-state index contributed by atoms with van der Waals surface area (Å²) in [6, 6.07) is 6.78. The SMILES string of the molecule is Cn1nc(C2CC2)nc1CN1c2ccccc2C(=O)CS1(=O)=O. The molecule has 7 nitrogen and oxygen atoms in total. The number of benzene rings is 1. The fraction of sp³-hybridized carbons (Fsp3) is 0.400. The maximum atomic E-state index is 12.5. The van der Waals surface area contributed by atoms with Gasteiger partial charge < -0.3 is 0 Å². The van der Waals surface area contributed by atoms with Gasteiger partial charge in [-0.1, -0.05) is 12.1 Å². The molecule has 0 N–H and O–H groups in total. The third-order valence-electron chi connectivity index (χ3n) is 4.22. The van der Waals surface area contributed by atoms with E-state index in [1.807, 2.05) is 0 Å². The molecule has 2 aliphatic rings. The van der Waals surface area contributed by atoms with Crippen LogP contribution in [-0.2, 0) is 23.6 Å². The normalized spacial score (nSPS) is 19.7. The monoisotopic (exact) mass is 332 g/mol. The first-order valence-electron chi connectivity index (χ1n) is 7.48. The zero-order chi connectivity index (χ0) is 16.2. The maximum absolute atomic E-state index is 12.5. The number of hydrogen-bond acceptors (Lipinski definition) is 5. The van der Waals surface area contributed by atoms with Crippen molar-refractivity contribution in [2.75, 3.05) is 10.1 Å². The van der Waals surface area contributed by atoms with Crippen LogP contribution in [0.1, 0.15) is 40.8 Å². The second kappa shape index (κ2) is 4.89. The zero-order valence-corrected chi connectivity index (χ0v) is 13.5. The number of rotatable bonds is 3. The average Bonchev–Trinajstić information content (AvgIpc) is 3.28. The number of carbonyl (C=O) groups excluding carboxylic acids is 1. The minimum atomic E-state index is -3.69. The molecule has 2 aromatic rings. The molecule has 2 heterocycles. The number of aryl methyl sites for hydroxylation is 1. The minimum Gasteiger partial charge on any atom is -0.293 e. The molecule has 0 radical (unpaired) electrons. The number of ketones is 1. The van der Waals surface area contributed by atoms with Gasteiger partial charge in [-0.05, 0) is 25.0 Å². The molecule has 0 spiro atoms. The van der Waals surface area contributed by atoms with Crippen molar-refractivity contribution in [1.29, 1.82) is 0 Å².